The molecule has 1 aliphatic heterocycles. The molecule has 0 spiro atoms. The largest absolute Gasteiger partial charge is 0.488 e. The molecule has 2 nitrogen and oxygen atoms in total. The third-order valence-electron chi connectivity index (χ3n) is 2.09. The zero-order valence-corrected chi connectivity index (χ0v) is 11.2. The molecular formula is C9H3Cl4F3O2. The van der Waals surface area contributed by atoms with Crippen molar-refractivity contribution in [1.82, 2.24) is 0 Å². The van der Waals surface area contributed by atoms with Crippen molar-refractivity contribution in [2.45, 2.75) is 15.2 Å². The third-order valence-corrected chi connectivity index (χ3v) is 3.04. The average molecular weight is 342 g/mol. The first-order valence-corrected chi connectivity index (χ1v) is 5.89. The Morgan fingerprint density at radius 3 is 2.17 bits per heavy atom. The van der Waals surface area contributed by atoms with Crippen LogP contribution < -0.4 is 9.47 Å². The lowest BCUT2D eigenvalue weighted by molar-refractivity contribution is -0.303. The lowest BCUT2D eigenvalue weighted by atomic mass is 10.2. The molecule has 1 aromatic carbocycles. The summed E-state index contributed by atoms with van der Waals surface area (Å²) in [5, 5.41) is -3.79. The summed E-state index contributed by atoms with van der Waals surface area (Å²) in [6.07, 6.45) is -4.37. The minimum atomic E-state index is -4.37. The van der Waals surface area contributed by atoms with Gasteiger partial charge in [-0.1, -0.05) is 40.9 Å². The van der Waals surface area contributed by atoms with Crippen LogP contribution in [0.4, 0.5) is 13.2 Å². The van der Waals surface area contributed by atoms with E-state index in [4.69, 9.17) is 46.4 Å². The standard InChI is InChI=1S/C9H3Cl4F3O2/c10-7(11,12)4-1-2-5-6(3-4)18-9(15,16)8(13,14)17-5/h1-3H/t8-/m0/s1. The van der Waals surface area contributed by atoms with Gasteiger partial charge in [0.25, 0.3) is 0 Å². The smallest absolute Gasteiger partial charge is 0.434 e. The lowest BCUT2D eigenvalue weighted by Crippen LogP contribution is -2.51. The van der Waals surface area contributed by atoms with Crippen LogP contribution in [0.3, 0.4) is 0 Å². The van der Waals surface area contributed by atoms with Crippen molar-refractivity contribution >= 4 is 46.4 Å². The molecule has 1 heterocycles. The van der Waals surface area contributed by atoms with Gasteiger partial charge in [-0.05, 0) is 23.7 Å². The summed E-state index contributed by atoms with van der Waals surface area (Å²) in [5.74, 6) is -0.797. The van der Waals surface area contributed by atoms with Gasteiger partial charge in [0.2, 0.25) is 3.79 Å². The fraction of sp³-hybridized carbons (Fsp3) is 0.333. The van der Waals surface area contributed by atoms with Gasteiger partial charge in [0.1, 0.15) is 0 Å². The van der Waals surface area contributed by atoms with Crippen LogP contribution in [-0.4, -0.2) is 11.4 Å². The van der Waals surface area contributed by atoms with Crippen LogP contribution in [0.5, 0.6) is 11.5 Å². The monoisotopic (exact) mass is 340 g/mol. The molecule has 1 aromatic rings. The average Bonchev–Trinajstić information content (AvgIpc) is 2.16. The van der Waals surface area contributed by atoms with Gasteiger partial charge >= 0.3 is 11.4 Å². The number of hydrogen-bond donors (Lipinski definition) is 0. The molecule has 1 aliphatic rings. The molecule has 0 aromatic heterocycles. The normalized spacial score (nSPS) is 25.9. The van der Waals surface area contributed by atoms with Gasteiger partial charge in [-0.15, -0.1) is 0 Å². The highest BCUT2D eigenvalue weighted by molar-refractivity contribution is 6.66. The van der Waals surface area contributed by atoms with Crippen LogP contribution in [0.2, 0.25) is 0 Å². The van der Waals surface area contributed by atoms with E-state index in [1.165, 1.54) is 6.07 Å². The van der Waals surface area contributed by atoms with E-state index in [9.17, 15) is 13.2 Å². The lowest BCUT2D eigenvalue weighted by Gasteiger charge is -2.33. The molecule has 0 saturated carbocycles. The number of benzene rings is 1. The molecule has 0 amide bonds. The van der Waals surface area contributed by atoms with Crippen molar-refractivity contribution in [1.29, 1.82) is 0 Å². The van der Waals surface area contributed by atoms with Gasteiger partial charge in [-0.25, -0.2) is 0 Å². The first-order valence-electron chi connectivity index (χ1n) is 4.38. The van der Waals surface area contributed by atoms with E-state index in [-0.39, 0.29) is 11.3 Å². The van der Waals surface area contributed by atoms with E-state index in [2.05, 4.69) is 9.47 Å². The Labute approximate surface area is 119 Å². The zero-order valence-electron chi connectivity index (χ0n) is 8.19. The second-order valence-electron chi connectivity index (χ2n) is 3.40. The summed E-state index contributed by atoms with van der Waals surface area (Å²) in [6, 6.07) is 3.37. The molecule has 0 fully saturated rings. The molecule has 2 rings (SSSR count). The highest BCUT2D eigenvalue weighted by Gasteiger charge is 2.63. The number of halogens is 7. The molecule has 0 N–H and O–H groups in total. The maximum atomic E-state index is 13.3. The molecule has 0 unspecified atom stereocenters. The third kappa shape index (κ3) is 2.41. The van der Waals surface area contributed by atoms with Crippen molar-refractivity contribution in [2.24, 2.45) is 0 Å². The van der Waals surface area contributed by atoms with Gasteiger partial charge in [0.05, 0.1) is 0 Å². The van der Waals surface area contributed by atoms with Crippen molar-refractivity contribution in [3.63, 3.8) is 0 Å². The summed E-state index contributed by atoms with van der Waals surface area (Å²) in [5.41, 5.74) is 0.0616. The Morgan fingerprint density at radius 2 is 1.61 bits per heavy atom. The number of alkyl halides is 7. The van der Waals surface area contributed by atoms with Crippen molar-refractivity contribution in [2.75, 3.05) is 0 Å². The first kappa shape index (κ1) is 14.2. The quantitative estimate of drug-likeness (QED) is 0.634. The van der Waals surface area contributed by atoms with Crippen LogP contribution >= 0.6 is 46.4 Å². The fourth-order valence-electron chi connectivity index (χ4n) is 1.24. The van der Waals surface area contributed by atoms with Crippen molar-refractivity contribution in [3.8, 4) is 11.5 Å². The van der Waals surface area contributed by atoms with E-state index in [0.29, 0.717) is 0 Å². The molecule has 18 heavy (non-hydrogen) atoms. The Hall–Kier alpha value is -0.230. The van der Waals surface area contributed by atoms with Crippen LogP contribution in [0, 0.1) is 0 Å². The van der Waals surface area contributed by atoms with Gasteiger partial charge in [-0.2, -0.15) is 13.2 Å². The molecule has 0 saturated heterocycles. The van der Waals surface area contributed by atoms with E-state index in [1.807, 2.05) is 0 Å². The zero-order chi connectivity index (χ0) is 13.8. The van der Waals surface area contributed by atoms with E-state index < -0.39 is 21.0 Å². The topological polar surface area (TPSA) is 18.5 Å². The summed E-state index contributed by atoms with van der Waals surface area (Å²) in [4.78, 5) is 0. The molecule has 0 aliphatic carbocycles. The Kier molecular flexibility index (Phi) is 3.26. The number of fused-ring (bicyclic) bond motifs is 1. The molecule has 0 bridgehead atoms. The predicted octanol–water partition coefficient (Wildman–Crippen LogP) is 4.74. The highest BCUT2D eigenvalue weighted by Crippen LogP contribution is 2.50. The maximum Gasteiger partial charge on any atom is 0.488 e. The van der Waals surface area contributed by atoms with E-state index in [0.717, 1.165) is 12.1 Å². The van der Waals surface area contributed by atoms with Crippen LogP contribution in [0.25, 0.3) is 0 Å². The van der Waals surface area contributed by atoms with Crippen LogP contribution in [0.15, 0.2) is 18.2 Å². The Bertz CT molecular complexity index is 487. The second kappa shape index (κ2) is 4.13. The summed E-state index contributed by atoms with van der Waals surface area (Å²) in [7, 11) is 0. The minimum absolute atomic E-state index is 0.0616. The van der Waals surface area contributed by atoms with Gasteiger partial charge in [0, 0.05) is 5.56 Å². The number of rotatable bonds is 0. The number of hydrogen-bond acceptors (Lipinski definition) is 2. The van der Waals surface area contributed by atoms with Gasteiger partial charge in [0.15, 0.2) is 11.5 Å². The Balaban J connectivity index is 2.46. The molecule has 1 atom stereocenters. The first-order chi connectivity index (χ1) is 8.03. The summed E-state index contributed by atoms with van der Waals surface area (Å²) in [6.45, 7) is 0. The SMILES string of the molecule is FC1(F)Oc2cc(C(Cl)(Cl)Cl)ccc2O[C@]1(F)Cl. The van der Waals surface area contributed by atoms with Crippen LogP contribution in [0.1, 0.15) is 5.56 Å². The second-order valence-corrected chi connectivity index (χ2v) is 6.16. The van der Waals surface area contributed by atoms with Crippen molar-refractivity contribution in [3.05, 3.63) is 23.8 Å². The van der Waals surface area contributed by atoms with Gasteiger partial charge in [-0.3, -0.25) is 0 Å². The summed E-state index contributed by atoms with van der Waals surface area (Å²) >= 11 is 21.6. The van der Waals surface area contributed by atoms with Crippen LogP contribution in [-0.2, 0) is 3.79 Å². The highest BCUT2D eigenvalue weighted by atomic mass is 35.6. The molecule has 9 heteroatoms. The van der Waals surface area contributed by atoms with E-state index in [1.54, 1.807) is 0 Å². The summed E-state index contributed by atoms with van der Waals surface area (Å²) < 4.78 is 46.1. The Morgan fingerprint density at radius 1 is 1.00 bits per heavy atom. The van der Waals surface area contributed by atoms with E-state index >= 15 is 0 Å². The fourth-order valence-corrected chi connectivity index (χ4v) is 1.72. The number of ether oxygens (including phenoxy) is 2. The van der Waals surface area contributed by atoms with Crippen molar-refractivity contribution < 1.29 is 22.6 Å². The minimum Gasteiger partial charge on any atom is -0.434 e. The van der Waals surface area contributed by atoms with Gasteiger partial charge < -0.3 is 9.47 Å². The molecule has 0 radical (unpaired) electrons. The maximum absolute atomic E-state index is 13.3. The predicted molar refractivity (Wildman–Crippen MR) is 61.6 cm³/mol. The molecule has 100 valence electrons. The molecular weight excluding hydrogens is 339 g/mol.